The molecule has 0 saturated carbocycles. The van der Waals surface area contributed by atoms with Crippen LogP contribution in [0.2, 0.25) is 0 Å². The molecule has 1 aliphatic heterocycles. The van der Waals surface area contributed by atoms with Crippen LogP contribution in [0.5, 0.6) is 0 Å². The van der Waals surface area contributed by atoms with E-state index in [1.54, 1.807) is 0 Å². The number of aromatic amines is 1. The van der Waals surface area contributed by atoms with Crippen LogP contribution in [-0.2, 0) is 19.3 Å². The van der Waals surface area contributed by atoms with E-state index in [0.29, 0.717) is 11.9 Å². The first-order valence-corrected chi connectivity index (χ1v) is 8.87. The van der Waals surface area contributed by atoms with E-state index in [0.717, 1.165) is 56.6 Å². The fourth-order valence-corrected chi connectivity index (χ4v) is 3.19. The maximum Gasteiger partial charge on any atom is 0.255 e. The molecule has 0 bridgehead atoms. The number of nitrogens with one attached hydrogen (secondary N) is 3. The zero-order valence-electron chi connectivity index (χ0n) is 14.3. The highest BCUT2D eigenvalue weighted by Gasteiger charge is 2.15. The lowest BCUT2D eigenvalue weighted by Crippen LogP contribution is -2.23. The highest BCUT2D eigenvalue weighted by atomic mass is 16.1. The molecule has 1 aliphatic rings. The summed E-state index contributed by atoms with van der Waals surface area (Å²) in [6, 6.07) is 10.5. The van der Waals surface area contributed by atoms with Gasteiger partial charge in [0, 0.05) is 25.1 Å². The lowest BCUT2D eigenvalue weighted by atomic mass is 9.97. The van der Waals surface area contributed by atoms with Crippen molar-refractivity contribution in [1.82, 2.24) is 15.3 Å². The first-order valence-electron chi connectivity index (χ1n) is 8.87. The molecule has 3 N–H and O–H groups in total. The Bertz CT molecular complexity index is 711. The Morgan fingerprint density at radius 2 is 2.00 bits per heavy atom. The second-order valence-electron chi connectivity index (χ2n) is 6.43. The number of hydrogen-bond acceptors (Lipinski definition) is 4. The number of benzene rings is 1. The lowest BCUT2D eigenvalue weighted by Gasteiger charge is -2.16. The van der Waals surface area contributed by atoms with E-state index in [9.17, 15) is 4.79 Å². The van der Waals surface area contributed by atoms with Gasteiger partial charge in [0.05, 0.1) is 5.69 Å². The summed E-state index contributed by atoms with van der Waals surface area (Å²) in [7, 11) is 0. The lowest BCUT2D eigenvalue weighted by molar-refractivity contribution is 0.532. The molecule has 0 fully saturated rings. The van der Waals surface area contributed by atoms with Crippen molar-refractivity contribution < 1.29 is 0 Å². The fraction of sp³-hybridized carbons (Fsp3) is 0.474. The van der Waals surface area contributed by atoms with Gasteiger partial charge in [-0.05, 0) is 30.9 Å². The third-order valence-electron chi connectivity index (χ3n) is 4.69. The molecule has 3 rings (SSSR count). The van der Waals surface area contributed by atoms with E-state index in [1.807, 2.05) is 6.07 Å². The van der Waals surface area contributed by atoms with Gasteiger partial charge in [0.15, 0.2) is 0 Å². The molecule has 2 heterocycles. The van der Waals surface area contributed by atoms with Crippen molar-refractivity contribution in [2.45, 2.75) is 32.6 Å². The molecule has 0 unspecified atom stereocenters. The van der Waals surface area contributed by atoms with Crippen LogP contribution in [0.15, 0.2) is 35.1 Å². The summed E-state index contributed by atoms with van der Waals surface area (Å²) in [5, 5.41) is 6.65. The summed E-state index contributed by atoms with van der Waals surface area (Å²) in [6.45, 7) is 4.74. The molecule has 5 nitrogen and oxygen atoms in total. The predicted octanol–water partition coefficient (Wildman–Crippen LogP) is 2.14. The van der Waals surface area contributed by atoms with Crippen molar-refractivity contribution in [1.29, 1.82) is 0 Å². The highest BCUT2D eigenvalue weighted by molar-refractivity contribution is 5.31. The maximum absolute atomic E-state index is 12.3. The number of fused-ring (bicyclic) bond motifs is 1. The normalized spacial score (nSPS) is 15.4. The second-order valence-corrected chi connectivity index (χ2v) is 6.43. The number of rotatable bonds is 6. The van der Waals surface area contributed by atoms with E-state index in [4.69, 9.17) is 0 Å². The number of anilines is 1. The summed E-state index contributed by atoms with van der Waals surface area (Å²) >= 11 is 0. The van der Waals surface area contributed by atoms with Crippen LogP contribution >= 0.6 is 0 Å². The quantitative estimate of drug-likeness (QED) is 0.761. The Balaban J connectivity index is 1.66. The first-order chi connectivity index (χ1) is 11.8. The minimum atomic E-state index is 0.00214. The molecule has 1 aromatic heterocycles. The van der Waals surface area contributed by atoms with E-state index in [-0.39, 0.29) is 5.56 Å². The predicted molar refractivity (Wildman–Crippen MR) is 97.6 cm³/mol. The molecule has 1 atom stereocenters. The van der Waals surface area contributed by atoms with Gasteiger partial charge in [-0.2, -0.15) is 0 Å². The maximum atomic E-state index is 12.3. The summed E-state index contributed by atoms with van der Waals surface area (Å²) < 4.78 is 0. The topological polar surface area (TPSA) is 69.8 Å². The van der Waals surface area contributed by atoms with Gasteiger partial charge in [-0.25, -0.2) is 4.98 Å². The van der Waals surface area contributed by atoms with Crippen molar-refractivity contribution in [2.24, 2.45) is 5.92 Å². The Labute approximate surface area is 142 Å². The van der Waals surface area contributed by atoms with Gasteiger partial charge in [-0.3, -0.25) is 9.78 Å². The molecule has 0 saturated heterocycles. The molecule has 0 aliphatic carbocycles. The zero-order valence-corrected chi connectivity index (χ0v) is 14.3. The minimum absolute atomic E-state index is 0.00214. The Kier molecular flexibility index (Phi) is 5.64. The molecular weight excluding hydrogens is 300 g/mol. The number of nitrogens with zero attached hydrogens (tertiary/aromatic N) is 1. The SMILES string of the molecule is CC[C@@H](CNc1nc2c(c(=O)[nH]1)CCNCC2)Cc1ccccc1. The van der Waals surface area contributed by atoms with Gasteiger partial charge in [0.25, 0.3) is 5.56 Å². The van der Waals surface area contributed by atoms with Crippen LogP contribution in [0.25, 0.3) is 0 Å². The standard InChI is InChI=1S/C19H26N4O/c1-2-14(12-15-6-4-3-5-7-15)13-21-19-22-17-9-11-20-10-8-16(17)18(24)23-19/h3-7,14,20H,2,8-13H2,1H3,(H2,21,22,23,24)/t14-/m1/s1. The molecule has 2 aromatic rings. The minimum Gasteiger partial charge on any atom is -0.355 e. The van der Waals surface area contributed by atoms with E-state index in [2.05, 4.69) is 51.8 Å². The zero-order chi connectivity index (χ0) is 16.8. The van der Waals surface area contributed by atoms with Crippen LogP contribution in [0, 0.1) is 5.92 Å². The highest BCUT2D eigenvalue weighted by Crippen LogP contribution is 2.13. The summed E-state index contributed by atoms with van der Waals surface area (Å²) in [4.78, 5) is 19.8. The van der Waals surface area contributed by atoms with Crippen LogP contribution in [0.4, 0.5) is 5.95 Å². The van der Waals surface area contributed by atoms with Crippen LogP contribution < -0.4 is 16.2 Å². The van der Waals surface area contributed by atoms with Crippen molar-refractivity contribution in [3.05, 3.63) is 57.5 Å². The number of aromatic nitrogens is 2. The van der Waals surface area contributed by atoms with Crippen molar-refractivity contribution in [3.8, 4) is 0 Å². The van der Waals surface area contributed by atoms with Crippen LogP contribution in [0.3, 0.4) is 0 Å². The van der Waals surface area contributed by atoms with E-state index >= 15 is 0 Å². The molecule has 0 spiro atoms. The Morgan fingerprint density at radius 3 is 2.79 bits per heavy atom. The third kappa shape index (κ3) is 4.23. The van der Waals surface area contributed by atoms with Crippen molar-refractivity contribution >= 4 is 5.95 Å². The molecule has 0 amide bonds. The second kappa shape index (κ2) is 8.11. The van der Waals surface area contributed by atoms with Gasteiger partial charge in [-0.1, -0.05) is 43.7 Å². The molecule has 128 valence electrons. The summed E-state index contributed by atoms with van der Waals surface area (Å²) in [6.07, 6.45) is 3.68. The van der Waals surface area contributed by atoms with Gasteiger partial charge >= 0.3 is 0 Å². The average molecular weight is 326 g/mol. The van der Waals surface area contributed by atoms with Crippen molar-refractivity contribution in [2.75, 3.05) is 25.0 Å². The Morgan fingerprint density at radius 1 is 1.21 bits per heavy atom. The van der Waals surface area contributed by atoms with Gasteiger partial charge in [0.1, 0.15) is 0 Å². The molecule has 5 heteroatoms. The number of H-pyrrole nitrogens is 1. The third-order valence-corrected chi connectivity index (χ3v) is 4.69. The molecule has 1 aromatic carbocycles. The Hall–Kier alpha value is -2.14. The molecule has 0 radical (unpaired) electrons. The smallest absolute Gasteiger partial charge is 0.255 e. The van der Waals surface area contributed by atoms with Crippen LogP contribution in [0.1, 0.15) is 30.2 Å². The molecule has 24 heavy (non-hydrogen) atoms. The van der Waals surface area contributed by atoms with Crippen LogP contribution in [-0.4, -0.2) is 29.6 Å². The summed E-state index contributed by atoms with van der Waals surface area (Å²) in [5.74, 6) is 1.12. The van der Waals surface area contributed by atoms with E-state index < -0.39 is 0 Å². The first kappa shape index (κ1) is 16.7. The van der Waals surface area contributed by atoms with Crippen molar-refractivity contribution in [3.63, 3.8) is 0 Å². The monoisotopic (exact) mass is 326 g/mol. The number of hydrogen-bond donors (Lipinski definition) is 3. The van der Waals surface area contributed by atoms with Gasteiger partial charge in [0.2, 0.25) is 5.95 Å². The van der Waals surface area contributed by atoms with E-state index in [1.165, 1.54) is 5.56 Å². The molecular formula is C19H26N4O. The van der Waals surface area contributed by atoms with Gasteiger partial charge in [-0.15, -0.1) is 0 Å². The average Bonchev–Trinajstić information content (AvgIpc) is 2.85. The fourth-order valence-electron chi connectivity index (χ4n) is 3.19. The summed E-state index contributed by atoms with van der Waals surface area (Å²) in [5.41, 5.74) is 3.12. The van der Waals surface area contributed by atoms with Gasteiger partial charge < -0.3 is 10.6 Å². The largest absolute Gasteiger partial charge is 0.355 e.